The number of thiophene rings is 1. The van der Waals surface area contributed by atoms with Gasteiger partial charge in [-0.25, -0.2) is 4.39 Å². The monoisotopic (exact) mass is 400 g/mol. The van der Waals surface area contributed by atoms with Crippen LogP contribution < -0.4 is 5.32 Å². The molecule has 0 bridgehead atoms. The molecule has 1 aromatic heterocycles. The molecule has 2 aliphatic rings. The number of rotatable bonds is 4. The number of hydrogen-bond acceptors (Lipinski definition) is 3. The molecule has 28 heavy (non-hydrogen) atoms. The number of piperidine rings is 1. The molecule has 2 aromatic rings. The number of nitrogens with one attached hydrogen (secondary N) is 1. The first-order chi connectivity index (χ1) is 13.5. The SMILES string of the molecule is CC(=O)Nc1sc2c(c1C(c1ccc(F)cc1)N1CCC(C)CC1)CCCC2. The van der Waals surface area contributed by atoms with Crippen molar-refractivity contribution in [2.45, 2.75) is 58.4 Å². The van der Waals surface area contributed by atoms with E-state index in [0.29, 0.717) is 0 Å². The standard InChI is InChI=1S/C23H29FN2OS/c1-15-11-13-26(14-12-15)22(17-7-9-18(24)10-8-17)21-19-5-3-4-6-20(19)28-23(21)25-16(2)27/h7-10,15,22H,3-6,11-14H2,1-2H3,(H,25,27). The minimum Gasteiger partial charge on any atom is -0.318 e. The highest BCUT2D eigenvalue weighted by atomic mass is 32.1. The summed E-state index contributed by atoms with van der Waals surface area (Å²) >= 11 is 1.75. The normalized spacial score (nSPS) is 19.2. The quantitative estimate of drug-likeness (QED) is 0.730. The van der Waals surface area contributed by atoms with Gasteiger partial charge in [0.15, 0.2) is 0 Å². The number of aryl methyl sites for hydroxylation is 1. The molecule has 2 heterocycles. The lowest BCUT2D eigenvalue weighted by Crippen LogP contribution is -2.37. The summed E-state index contributed by atoms with van der Waals surface area (Å²) in [5.41, 5.74) is 3.80. The van der Waals surface area contributed by atoms with Crippen LogP contribution in [0.4, 0.5) is 9.39 Å². The minimum absolute atomic E-state index is 0.0232. The number of carbonyl (C=O) groups excluding carboxylic acids is 1. The molecule has 1 unspecified atom stereocenters. The third-order valence-electron chi connectivity index (χ3n) is 6.14. The van der Waals surface area contributed by atoms with Gasteiger partial charge in [-0.2, -0.15) is 0 Å². The molecule has 1 aliphatic heterocycles. The average Bonchev–Trinajstić information content (AvgIpc) is 3.02. The average molecular weight is 401 g/mol. The first kappa shape index (κ1) is 19.6. The second-order valence-electron chi connectivity index (χ2n) is 8.31. The summed E-state index contributed by atoms with van der Waals surface area (Å²) in [7, 11) is 0. The second kappa shape index (κ2) is 8.34. The Labute approximate surface area is 170 Å². The summed E-state index contributed by atoms with van der Waals surface area (Å²) in [5.74, 6) is 0.519. The molecule has 1 amide bonds. The molecule has 1 saturated heterocycles. The van der Waals surface area contributed by atoms with Gasteiger partial charge in [-0.15, -0.1) is 11.3 Å². The Hall–Kier alpha value is -1.72. The van der Waals surface area contributed by atoms with E-state index in [9.17, 15) is 9.18 Å². The lowest BCUT2D eigenvalue weighted by molar-refractivity contribution is -0.114. The van der Waals surface area contributed by atoms with E-state index in [1.165, 1.54) is 41.7 Å². The minimum atomic E-state index is -0.204. The summed E-state index contributed by atoms with van der Waals surface area (Å²) < 4.78 is 13.6. The van der Waals surface area contributed by atoms with Crippen LogP contribution in [0.25, 0.3) is 0 Å². The van der Waals surface area contributed by atoms with Crippen LogP contribution in [0.3, 0.4) is 0 Å². The number of benzene rings is 1. The van der Waals surface area contributed by atoms with Gasteiger partial charge in [0.1, 0.15) is 10.8 Å². The fourth-order valence-electron chi connectivity index (χ4n) is 4.62. The van der Waals surface area contributed by atoms with Crippen LogP contribution in [0.2, 0.25) is 0 Å². The third-order valence-corrected chi connectivity index (χ3v) is 7.37. The fourth-order valence-corrected chi connectivity index (χ4v) is 5.99. The Kier molecular flexibility index (Phi) is 5.83. The van der Waals surface area contributed by atoms with Crippen molar-refractivity contribution in [1.29, 1.82) is 0 Å². The molecule has 0 radical (unpaired) electrons. The molecular weight excluding hydrogens is 371 g/mol. The van der Waals surface area contributed by atoms with Crippen LogP contribution >= 0.6 is 11.3 Å². The molecule has 0 saturated carbocycles. The molecule has 4 rings (SSSR count). The number of nitrogens with zero attached hydrogens (tertiary/aromatic N) is 1. The molecule has 3 nitrogen and oxygen atoms in total. The molecule has 1 aromatic carbocycles. The van der Waals surface area contributed by atoms with Crippen LogP contribution in [0.5, 0.6) is 0 Å². The zero-order chi connectivity index (χ0) is 19.7. The maximum atomic E-state index is 13.6. The first-order valence-corrected chi connectivity index (χ1v) is 11.3. The van der Waals surface area contributed by atoms with Crippen LogP contribution in [-0.4, -0.2) is 23.9 Å². The zero-order valence-corrected chi connectivity index (χ0v) is 17.6. The van der Waals surface area contributed by atoms with E-state index in [-0.39, 0.29) is 17.8 Å². The van der Waals surface area contributed by atoms with Crippen molar-refractivity contribution < 1.29 is 9.18 Å². The highest BCUT2D eigenvalue weighted by Gasteiger charge is 2.33. The molecule has 150 valence electrons. The Balaban J connectivity index is 1.82. The van der Waals surface area contributed by atoms with Gasteiger partial charge in [-0.05, 0) is 80.8 Å². The third kappa shape index (κ3) is 4.01. The number of anilines is 1. The van der Waals surface area contributed by atoms with E-state index in [2.05, 4.69) is 17.1 Å². The van der Waals surface area contributed by atoms with Gasteiger partial charge in [0, 0.05) is 17.4 Å². The predicted octanol–water partition coefficient (Wildman–Crippen LogP) is 5.55. The number of fused-ring (bicyclic) bond motifs is 1. The maximum absolute atomic E-state index is 13.6. The highest BCUT2D eigenvalue weighted by molar-refractivity contribution is 7.16. The van der Waals surface area contributed by atoms with Gasteiger partial charge in [0.25, 0.3) is 0 Å². The van der Waals surface area contributed by atoms with Gasteiger partial charge in [-0.1, -0.05) is 19.1 Å². The van der Waals surface area contributed by atoms with Crippen molar-refractivity contribution in [3.63, 3.8) is 0 Å². The predicted molar refractivity (Wildman–Crippen MR) is 113 cm³/mol. The van der Waals surface area contributed by atoms with Gasteiger partial charge >= 0.3 is 0 Å². The molecular formula is C23H29FN2OS. The highest BCUT2D eigenvalue weighted by Crippen LogP contribution is 2.46. The number of hydrogen-bond donors (Lipinski definition) is 1. The lowest BCUT2D eigenvalue weighted by atomic mass is 9.87. The number of carbonyl (C=O) groups is 1. The Morgan fingerprint density at radius 3 is 2.54 bits per heavy atom. The van der Waals surface area contributed by atoms with E-state index in [4.69, 9.17) is 0 Å². The van der Waals surface area contributed by atoms with Gasteiger partial charge in [0.2, 0.25) is 5.91 Å². The van der Waals surface area contributed by atoms with Crippen LogP contribution in [0, 0.1) is 11.7 Å². The van der Waals surface area contributed by atoms with Crippen LogP contribution in [0.1, 0.15) is 67.1 Å². The molecule has 5 heteroatoms. The van der Waals surface area contributed by atoms with Gasteiger partial charge < -0.3 is 5.32 Å². The molecule has 1 aliphatic carbocycles. The largest absolute Gasteiger partial charge is 0.318 e. The van der Waals surface area contributed by atoms with E-state index < -0.39 is 0 Å². The first-order valence-electron chi connectivity index (χ1n) is 10.4. The second-order valence-corrected chi connectivity index (χ2v) is 9.41. The van der Waals surface area contributed by atoms with E-state index in [1.807, 2.05) is 12.1 Å². The van der Waals surface area contributed by atoms with Gasteiger partial charge in [-0.3, -0.25) is 9.69 Å². The zero-order valence-electron chi connectivity index (χ0n) is 16.8. The van der Waals surface area contributed by atoms with Crippen molar-refractivity contribution in [3.8, 4) is 0 Å². The van der Waals surface area contributed by atoms with Gasteiger partial charge in [0.05, 0.1) is 6.04 Å². The summed E-state index contributed by atoms with van der Waals surface area (Å²) in [6.07, 6.45) is 6.94. The Morgan fingerprint density at radius 2 is 1.86 bits per heavy atom. The molecule has 0 spiro atoms. The van der Waals surface area contributed by atoms with E-state index in [0.717, 1.165) is 42.4 Å². The van der Waals surface area contributed by atoms with Crippen LogP contribution in [-0.2, 0) is 17.6 Å². The number of amides is 1. The molecule has 1 fully saturated rings. The van der Waals surface area contributed by atoms with E-state index >= 15 is 0 Å². The van der Waals surface area contributed by atoms with Crippen molar-refractivity contribution in [3.05, 3.63) is 51.7 Å². The van der Waals surface area contributed by atoms with Crippen molar-refractivity contribution in [2.24, 2.45) is 5.92 Å². The summed E-state index contributed by atoms with van der Waals surface area (Å²) in [6.45, 7) is 5.97. The molecule has 1 atom stereocenters. The van der Waals surface area contributed by atoms with Crippen molar-refractivity contribution >= 4 is 22.2 Å². The number of likely N-dealkylation sites (tertiary alicyclic amines) is 1. The summed E-state index contributed by atoms with van der Waals surface area (Å²) in [6, 6.07) is 7.04. The Bertz CT molecular complexity index is 837. The van der Waals surface area contributed by atoms with Crippen LogP contribution in [0.15, 0.2) is 24.3 Å². The van der Waals surface area contributed by atoms with Crippen molar-refractivity contribution in [1.82, 2.24) is 4.90 Å². The lowest BCUT2D eigenvalue weighted by Gasteiger charge is -2.38. The molecule has 1 N–H and O–H groups in total. The summed E-state index contributed by atoms with van der Waals surface area (Å²) in [5, 5.41) is 4.11. The fraction of sp³-hybridized carbons (Fsp3) is 0.522. The van der Waals surface area contributed by atoms with Crippen molar-refractivity contribution in [2.75, 3.05) is 18.4 Å². The smallest absolute Gasteiger partial charge is 0.221 e. The number of halogens is 1. The topological polar surface area (TPSA) is 32.3 Å². The summed E-state index contributed by atoms with van der Waals surface area (Å²) in [4.78, 5) is 15.9. The van der Waals surface area contributed by atoms with E-state index in [1.54, 1.807) is 30.4 Å². The Morgan fingerprint density at radius 1 is 1.18 bits per heavy atom. The maximum Gasteiger partial charge on any atom is 0.221 e.